The molecule has 6 heteroatoms. The van der Waals surface area contributed by atoms with Crippen LogP contribution in [-0.4, -0.2) is 41.1 Å². The summed E-state index contributed by atoms with van der Waals surface area (Å²) in [6, 6.07) is 19.0. The minimum Gasteiger partial charge on any atom is -0.371 e. The van der Waals surface area contributed by atoms with Crippen LogP contribution in [0.2, 0.25) is 0 Å². The maximum atomic E-state index is 12.2. The lowest BCUT2D eigenvalue weighted by molar-refractivity contribution is -0.120. The molecule has 2 heterocycles. The maximum absolute atomic E-state index is 12.2. The predicted octanol–water partition coefficient (Wildman–Crippen LogP) is 3.00. The third kappa shape index (κ3) is 6.43. The van der Waals surface area contributed by atoms with Crippen LogP contribution in [0.15, 0.2) is 73.3 Å². The van der Waals surface area contributed by atoms with E-state index in [1.54, 1.807) is 0 Å². The first-order valence-electron chi connectivity index (χ1n) is 11.1. The second kappa shape index (κ2) is 10.8. The minimum atomic E-state index is 0.0548. The number of piperidine rings is 1. The molecule has 4 rings (SSSR count). The number of carbonyl (C=O) groups excluding carboxylic acids is 1. The van der Waals surface area contributed by atoms with E-state index in [4.69, 9.17) is 0 Å². The van der Waals surface area contributed by atoms with Crippen LogP contribution in [0.5, 0.6) is 0 Å². The van der Waals surface area contributed by atoms with Crippen LogP contribution in [0.25, 0.3) is 0 Å². The highest BCUT2D eigenvalue weighted by Gasteiger charge is 2.19. The zero-order chi connectivity index (χ0) is 21.3. The van der Waals surface area contributed by atoms with Gasteiger partial charge in [-0.15, -0.1) is 0 Å². The third-order valence-corrected chi connectivity index (χ3v) is 5.86. The van der Waals surface area contributed by atoms with Crippen molar-refractivity contribution in [2.45, 2.75) is 38.4 Å². The van der Waals surface area contributed by atoms with E-state index in [1.807, 2.05) is 49.1 Å². The average Bonchev–Trinajstić information content (AvgIpc) is 3.33. The first-order chi connectivity index (χ1) is 15.3. The first kappa shape index (κ1) is 21.1. The van der Waals surface area contributed by atoms with E-state index in [9.17, 15) is 4.79 Å². The molecule has 0 aliphatic carbocycles. The quantitative estimate of drug-likeness (QED) is 0.562. The number of hydrogen-bond donors (Lipinski definition) is 2. The van der Waals surface area contributed by atoms with Gasteiger partial charge in [0, 0.05) is 56.8 Å². The van der Waals surface area contributed by atoms with Gasteiger partial charge in [0.05, 0.1) is 12.7 Å². The van der Waals surface area contributed by atoms with Crippen molar-refractivity contribution in [3.05, 3.63) is 84.4 Å². The number of imidazole rings is 1. The number of rotatable bonds is 9. The van der Waals surface area contributed by atoms with Crippen LogP contribution >= 0.6 is 0 Å². The molecule has 1 saturated heterocycles. The van der Waals surface area contributed by atoms with E-state index in [0.29, 0.717) is 19.0 Å². The van der Waals surface area contributed by atoms with Crippen molar-refractivity contribution < 1.29 is 4.79 Å². The Labute approximate surface area is 184 Å². The molecular formula is C25H31N5O. The van der Waals surface area contributed by atoms with Crippen molar-refractivity contribution in [2.75, 3.05) is 24.5 Å². The molecule has 3 aromatic rings. The molecule has 6 nitrogen and oxygen atoms in total. The van der Waals surface area contributed by atoms with Crippen molar-refractivity contribution >= 4 is 11.6 Å². The molecule has 1 aromatic heterocycles. The van der Waals surface area contributed by atoms with Crippen molar-refractivity contribution in [1.29, 1.82) is 0 Å². The second-order valence-electron chi connectivity index (χ2n) is 8.12. The third-order valence-electron chi connectivity index (χ3n) is 5.86. The molecule has 1 aliphatic heterocycles. The number of nitrogens with one attached hydrogen (secondary N) is 2. The number of hydrogen-bond acceptors (Lipinski definition) is 4. The van der Waals surface area contributed by atoms with Crippen LogP contribution in [0.1, 0.15) is 24.0 Å². The number of anilines is 1. The lowest BCUT2D eigenvalue weighted by Crippen LogP contribution is -2.43. The Morgan fingerprint density at radius 1 is 1.00 bits per heavy atom. The molecule has 0 spiro atoms. The van der Waals surface area contributed by atoms with E-state index in [0.717, 1.165) is 50.1 Å². The maximum Gasteiger partial charge on any atom is 0.224 e. The number of aromatic nitrogens is 2. The zero-order valence-electron chi connectivity index (χ0n) is 17.9. The van der Waals surface area contributed by atoms with Crippen molar-refractivity contribution in [2.24, 2.45) is 0 Å². The fourth-order valence-electron chi connectivity index (χ4n) is 4.03. The summed E-state index contributed by atoms with van der Waals surface area (Å²) in [5.74, 6) is 0.0548. The Balaban J connectivity index is 1.17. The van der Waals surface area contributed by atoms with Gasteiger partial charge in [-0.25, -0.2) is 4.98 Å². The van der Waals surface area contributed by atoms with Crippen molar-refractivity contribution in [3.63, 3.8) is 0 Å². The van der Waals surface area contributed by atoms with Gasteiger partial charge in [0.1, 0.15) is 0 Å². The average molecular weight is 418 g/mol. The van der Waals surface area contributed by atoms with Gasteiger partial charge >= 0.3 is 0 Å². The Bertz CT molecular complexity index is 916. The summed E-state index contributed by atoms with van der Waals surface area (Å²) in [6.07, 6.45) is 8.39. The highest BCUT2D eigenvalue weighted by Crippen LogP contribution is 2.21. The molecule has 0 atom stereocenters. The highest BCUT2D eigenvalue weighted by molar-refractivity contribution is 5.78. The van der Waals surface area contributed by atoms with Crippen LogP contribution in [-0.2, 0) is 24.3 Å². The monoisotopic (exact) mass is 417 g/mol. The standard InChI is InChI=1S/C25H31N5O/c31-25(28-19-22-4-2-1-3-5-22)18-21-6-8-24(9-7-21)30-14-10-23(11-15-30)27-13-17-29-16-12-26-20-29/h1-9,12,16,20,23,27H,10-11,13-15,17-19H2,(H,28,31). The summed E-state index contributed by atoms with van der Waals surface area (Å²) in [5, 5.41) is 6.66. The molecule has 0 unspecified atom stereocenters. The van der Waals surface area contributed by atoms with E-state index in [-0.39, 0.29) is 5.91 Å². The highest BCUT2D eigenvalue weighted by atomic mass is 16.1. The summed E-state index contributed by atoms with van der Waals surface area (Å²) < 4.78 is 2.10. The number of nitrogens with zero attached hydrogens (tertiary/aromatic N) is 3. The Morgan fingerprint density at radius 3 is 2.48 bits per heavy atom. The Kier molecular flexibility index (Phi) is 7.34. The van der Waals surface area contributed by atoms with Crippen LogP contribution in [0, 0.1) is 0 Å². The Morgan fingerprint density at radius 2 is 1.77 bits per heavy atom. The van der Waals surface area contributed by atoms with E-state index in [2.05, 4.69) is 49.4 Å². The van der Waals surface area contributed by atoms with Crippen LogP contribution in [0.3, 0.4) is 0 Å². The molecular weight excluding hydrogens is 386 g/mol. The molecule has 2 aromatic carbocycles. The van der Waals surface area contributed by atoms with Crippen LogP contribution in [0.4, 0.5) is 5.69 Å². The first-order valence-corrected chi connectivity index (χ1v) is 11.1. The lowest BCUT2D eigenvalue weighted by atomic mass is 10.0. The molecule has 0 radical (unpaired) electrons. The SMILES string of the molecule is O=C(Cc1ccc(N2CCC(NCCn3ccnc3)CC2)cc1)NCc1ccccc1. The van der Waals surface area contributed by atoms with Crippen molar-refractivity contribution in [1.82, 2.24) is 20.2 Å². The summed E-state index contributed by atoms with van der Waals surface area (Å²) in [6.45, 7) is 4.62. The number of amides is 1. The van der Waals surface area contributed by atoms with Gasteiger partial charge in [0.15, 0.2) is 0 Å². The van der Waals surface area contributed by atoms with E-state index >= 15 is 0 Å². The summed E-state index contributed by atoms with van der Waals surface area (Å²) >= 11 is 0. The molecule has 1 amide bonds. The smallest absolute Gasteiger partial charge is 0.224 e. The molecule has 31 heavy (non-hydrogen) atoms. The zero-order valence-corrected chi connectivity index (χ0v) is 17.9. The number of carbonyl (C=O) groups is 1. The van der Waals surface area contributed by atoms with Gasteiger partial charge in [-0.1, -0.05) is 42.5 Å². The van der Waals surface area contributed by atoms with Gasteiger partial charge in [-0.05, 0) is 36.1 Å². The molecule has 1 fully saturated rings. The molecule has 2 N–H and O–H groups in total. The molecule has 162 valence electrons. The van der Waals surface area contributed by atoms with Gasteiger partial charge in [-0.3, -0.25) is 4.79 Å². The van der Waals surface area contributed by atoms with Crippen LogP contribution < -0.4 is 15.5 Å². The molecule has 0 saturated carbocycles. The lowest BCUT2D eigenvalue weighted by Gasteiger charge is -2.34. The van der Waals surface area contributed by atoms with Gasteiger partial charge in [0.25, 0.3) is 0 Å². The Hall–Kier alpha value is -3.12. The molecule has 0 bridgehead atoms. The summed E-state index contributed by atoms with van der Waals surface area (Å²) in [4.78, 5) is 18.8. The minimum absolute atomic E-state index is 0.0548. The largest absolute Gasteiger partial charge is 0.371 e. The molecule has 1 aliphatic rings. The fourth-order valence-corrected chi connectivity index (χ4v) is 4.03. The fraction of sp³-hybridized carbons (Fsp3) is 0.360. The van der Waals surface area contributed by atoms with Gasteiger partial charge in [-0.2, -0.15) is 0 Å². The predicted molar refractivity (Wildman–Crippen MR) is 124 cm³/mol. The van der Waals surface area contributed by atoms with Gasteiger partial charge < -0.3 is 20.1 Å². The van der Waals surface area contributed by atoms with Gasteiger partial charge in [0.2, 0.25) is 5.91 Å². The topological polar surface area (TPSA) is 62.2 Å². The normalized spacial score (nSPS) is 14.5. The van der Waals surface area contributed by atoms with E-state index < -0.39 is 0 Å². The van der Waals surface area contributed by atoms with Crippen molar-refractivity contribution in [3.8, 4) is 0 Å². The summed E-state index contributed by atoms with van der Waals surface area (Å²) in [5.41, 5.74) is 3.40. The number of benzene rings is 2. The van der Waals surface area contributed by atoms with E-state index in [1.165, 1.54) is 5.69 Å². The second-order valence-corrected chi connectivity index (χ2v) is 8.12. The summed E-state index contributed by atoms with van der Waals surface area (Å²) in [7, 11) is 0.